The SMILES string of the molecule is CCN(C(=O)Cc1ccon1)c1ccccc1S(=O)(=O)CC. The van der Waals surface area contributed by atoms with Crippen LogP contribution in [0.1, 0.15) is 19.5 Å². The third kappa shape index (κ3) is 3.36. The summed E-state index contributed by atoms with van der Waals surface area (Å²) < 4.78 is 29.1. The van der Waals surface area contributed by atoms with Crippen LogP contribution < -0.4 is 4.90 Å². The van der Waals surface area contributed by atoms with Crippen LogP contribution in [0, 0.1) is 0 Å². The summed E-state index contributed by atoms with van der Waals surface area (Å²) in [6.07, 6.45) is 1.46. The first-order valence-electron chi connectivity index (χ1n) is 7.01. The van der Waals surface area contributed by atoms with Gasteiger partial charge >= 0.3 is 0 Å². The van der Waals surface area contributed by atoms with Crippen molar-refractivity contribution in [3.05, 3.63) is 42.3 Å². The molecule has 1 heterocycles. The molecule has 0 unspecified atom stereocenters. The van der Waals surface area contributed by atoms with E-state index in [0.717, 1.165) is 0 Å². The van der Waals surface area contributed by atoms with Gasteiger partial charge in [-0.15, -0.1) is 0 Å². The van der Waals surface area contributed by atoms with E-state index in [1.807, 2.05) is 0 Å². The second-order valence-electron chi connectivity index (χ2n) is 4.68. The van der Waals surface area contributed by atoms with Crippen LogP contribution in [0.15, 0.2) is 46.0 Å². The number of sulfone groups is 1. The fraction of sp³-hybridized carbons (Fsp3) is 0.333. The first kappa shape index (κ1) is 16.2. The number of carbonyl (C=O) groups excluding carboxylic acids is 1. The molecule has 118 valence electrons. The van der Waals surface area contributed by atoms with E-state index in [1.165, 1.54) is 17.2 Å². The number of aromatic nitrogens is 1. The van der Waals surface area contributed by atoms with E-state index in [4.69, 9.17) is 4.52 Å². The zero-order valence-corrected chi connectivity index (χ0v) is 13.3. The van der Waals surface area contributed by atoms with E-state index in [0.29, 0.717) is 17.9 Å². The van der Waals surface area contributed by atoms with Crippen molar-refractivity contribution in [1.29, 1.82) is 0 Å². The van der Waals surface area contributed by atoms with Crippen molar-refractivity contribution in [1.82, 2.24) is 5.16 Å². The monoisotopic (exact) mass is 322 g/mol. The number of rotatable bonds is 6. The lowest BCUT2D eigenvalue weighted by Gasteiger charge is -2.23. The minimum atomic E-state index is -3.41. The highest BCUT2D eigenvalue weighted by Gasteiger charge is 2.23. The highest BCUT2D eigenvalue weighted by Crippen LogP contribution is 2.26. The first-order chi connectivity index (χ1) is 10.5. The van der Waals surface area contributed by atoms with Crippen molar-refractivity contribution in [3.8, 4) is 0 Å². The lowest BCUT2D eigenvalue weighted by atomic mass is 10.2. The summed E-state index contributed by atoms with van der Waals surface area (Å²) in [5.41, 5.74) is 0.916. The van der Waals surface area contributed by atoms with Gasteiger partial charge in [-0.25, -0.2) is 8.42 Å². The number of amides is 1. The Labute approximate surface area is 129 Å². The van der Waals surface area contributed by atoms with Crippen LogP contribution in [0.5, 0.6) is 0 Å². The highest BCUT2D eigenvalue weighted by molar-refractivity contribution is 7.91. The number of carbonyl (C=O) groups is 1. The van der Waals surface area contributed by atoms with Crippen molar-refractivity contribution >= 4 is 21.4 Å². The smallest absolute Gasteiger partial charge is 0.233 e. The van der Waals surface area contributed by atoms with Crippen LogP contribution in [0.25, 0.3) is 0 Å². The van der Waals surface area contributed by atoms with Gasteiger partial charge in [-0.3, -0.25) is 4.79 Å². The molecule has 0 aliphatic carbocycles. The molecular formula is C15H18N2O4S. The molecule has 1 aromatic carbocycles. The molecule has 0 bridgehead atoms. The Morgan fingerprint density at radius 3 is 2.55 bits per heavy atom. The predicted molar refractivity (Wildman–Crippen MR) is 82.4 cm³/mol. The Hall–Kier alpha value is -2.15. The lowest BCUT2D eigenvalue weighted by molar-refractivity contribution is -0.118. The van der Waals surface area contributed by atoms with E-state index < -0.39 is 9.84 Å². The summed E-state index contributed by atoms with van der Waals surface area (Å²) in [4.78, 5) is 14.1. The van der Waals surface area contributed by atoms with Crippen LogP contribution in [-0.2, 0) is 21.1 Å². The van der Waals surface area contributed by atoms with Gasteiger partial charge in [0.2, 0.25) is 5.91 Å². The Bertz CT molecular complexity index is 739. The average Bonchev–Trinajstić information content (AvgIpc) is 3.01. The third-order valence-corrected chi connectivity index (χ3v) is 5.09. The maximum atomic E-state index is 12.5. The number of para-hydroxylation sites is 1. The van der Waals surface area contributed by atoms with Crippen LogP contribution >= 0.6 is 0 Å². The minimum Gasteiger partial charge on any atom is -0.364 e. The van der Waals surface area contributed by atoms with Crippen LogP contribution in [-0.4, -0.2) is 31.8 Å². The molecule has 0 N–H and O–H groups in total. The van der Waals surface area contributed by atoms with Crippen LogP contribution in [0.4, 0.5) is 5.69 Å². The molecule has 0 fully saturated rings. The van der Waals surface area contributed by atoms with E-state index >= 15 is 0 Å². The molecule has 0 saturated heterocycles. The van der Waals surface area contributed by atoms with E-state index in [2.05, 4.69) is 5.16 Å². The molecule has 2 rings (SSSR count). The van der Waals surface area contributed by atoms with Gasteiger partial charge in [0.15, 0.2) is 9.84 Å². The van der Waals surface area contributed by atoms with Crippen molar-refractivity contribution in [2.24, 2.45) is 0 Å². The third-order valence-electron chi connectivity index (χ3n) is 3.31. The average molecular weight is 322 g/mol. The van der Waals surface area contributed by atoms with Gasteiger partial charge in [0, 0.05) is 12.6 Å². The number of nitrogens with zero attached hydrogens (tertiary/aromatic N) is 2. The number of hydrogen-bond acceptors (Lipinski definition) is 5. The highest BCUT2D eigenvalue weighted by atomic mass is 32.2. The maximum absolute atomic E-state index is 12.5. The Morgan fingerprint density at radius 2 is 1.95 bits per heavy atom. The number of anilines is 1. The predicted octanol–water partition coefficient (Wildman–Crippen LogP) is 2.06. The minimum absolute atomic E-state index is 0.0148. The number of hydrogen-bond donors (Lipinski definition) is 0. The fourth-order valence-corrected chi connectivity index (χ4v) is 3.25. The number of benzene rings is 1. The summed E-state index contributed by atoms with van der Waals surface area (Å²) in [6, 6.07) is 8.16. The van der Waals surface area contributed by atoms with E-state index in [9.17, 15) is 13.2 Å². The summed E-state index contributed by atoms with van der Waals surface area (Å²) in [5, 5.41) is 3.71. The summed E-state index contributed by atoms with van der Waals surface area (Å²) >= 11 is 0. The van der Waals surface area contributed by atoms with Crippen molar-refractivity contribution in [2.45, 2.75) is 25.2 Å². The molecule has 7 heteroatoms. The Kier molecular flexibility index (Phi) is 4.97. The van der Waals surface area contributed by atoms with E-state index in [1.54, 1.807) is 38.1 Å². The van der Waals surface area contributed by atoms with Gasteiger partial charge in [-0.1, -0.05) is 24.2 Å². The molecule has 1 aromatic heterocycles. The Balaban J connectivity index is 2.38. The fourth-order valence-electron chi connectivity index (χ4n) is 2.16. The molecule has 0 atom stereocenters. The second kappa shape index (κ2) is 6.74. The molecule has 1 amide bonds. The van der Waals surface area contributed by atoms with Gasteiger partial charge in [0.25, 0.3) is 0 Å². The van der Waals surface area contributed by atoms with E-state index in [-0.39, 0.29) is 23.0 Å². The molecule has 0 aliphatic rings. The lowest BCUT2D eigenvalue weighted by Crippen LogP contribution is -2.33. The second-order valence-corrected chi connectivity index (χ2v) is 6.92. The van der Waals surface area contributed by atoms with Gasteiger partial charge in [-0.2, -0.15) is 0 Å². The quantitative estimate of drug-likeness (QED) is 0.813. The molecule has 0 aliphatic heterocycles. The summed E-state index contributed by atoms with van der Waals surface area (Å²) in [7, 11) is -3.41. The molecule has 6 nitrogen and oxygen atoms in total. The van der Waals surface area contributed by atoms with Crippen molar-refractivity contribution in [3.63, 3.8) is 0 Å². The standard InChI is InChI=1S/C15H18N2O4S/c1-3-17(15(18)11-12-9-10-21-16-12)13-7-5-6-8-14(13)22(19,20)4-2/h5-10H,3-4,11H2,1-2H3. The number of likely N-dealkylation sites (N-methyl/N-ethyl adjacent to an activating group) is 1. The first-order valence-corrected chi connectivity index (χ1v) is 8.66. The Morgan fingerprint density at radius 1 is 1.23 bits per heavy atom. The summed E-state index contributed by atoms with van der Waals surface area (Å²) in [5.74, 6) is -0.242. The summed E-state index contributed by atoms with van der Waals surface area (Å²) in [6.45, 7) is 3.75. The molecule has 0 spiro atoms. The maximum Gasteiger partial charge on any atom is 0.233 e. The molecule has 0 saturated carbocycles. The molecular weight excluding hydrogens is 304 g/mol. The zero-order valence-electron chi connectivity index (χ0n) is 12.5. The molecule has 0 radical (unpaired) electrons. The van der Waals surface area contributed by atoms with Gasteiger partial charge < -0.3 is 9.42 Å². The largest absolute Gasteiger partial charge is 0.364 e. The molecule has 2 aromatic rings. The van der Waals surface area contributed by atoms with Crippen molar-refractivity contribution in [2.75, 3.05) is 17.2 Å². The van der Waals surface area contributed by atoms with Gasteiger partial charge in [-0.05, 0) is 19.1 Å². The zero-order chi connectivity index (χ0) is 16.2. The van der Waals surface area contributed by atoms with Gasteiger partial charge in [0.1, 0.15) is 6.26 Å². The normalized spacial score (nSPS) is 11.4. The van der Waals surface area contributed by atoms with Crippen LogP contribution in [0.2, 0.25) is 0 Å². The molecule has 22 heavy (non-hydrogen) atoms. The topological polar surface area (TPSA) is 80.5 Å². The van der Waals surface area contributed by atoms with Gasteiger partial charge in [0.05, 0.1) is 28.5 Å². The van der Waals surface area contributed by atoms with Crippen LogP contribution in [0.3, 0.4) is 0 Å². The van der Waals surface area contributed by atoms with Crippen molar-refractivity contribution < 1.29 is 17.7 Å².